The zero-order valence-electron chi connectivity index (χ0n) is 8.29. The molecule has 0 bridgehead atoms. The topological polar surface area (TPSA) is 23.5 Å². The average molecular weight is 171 g/mol. The van der Waals surface area contributed by atoms with Crippen LogP contribution in [0.3, 0.4) is 0 Å². The minimum Gasteiger partial charge on any atom is -0.392 e. The Bertz CT molecular complexity index is 119. The highest BCUT2D eigenvalue weighted by Crippen LogP contribution is 2.23. The molecule has 0 saturated heterocycles. The lowest BCUT2D eigenvalue weighted by Gasteiger charge is -2.28. The van der Waals surface area contributed by atoms with Crippen molar-refractivity contribution in [1.82, 2.24) is 4.90 Å². The van der Waals surface area contributed by atoms with Gasteiger partial charge in [-0.2, -0.15) is 0 Å². The van der Waals surface area contributed by atoms with Gasteiger partial charge >= 0.3 is 0 Å². The number of hydrogen-bond acceptors (Lipinski definition) is 2. The van der Waals surface area contributed by atoms with Crippen LogP contribution in [-0.4, -0.2) is 35.2 Å². The van der Waals surface area contributed by atoms with Crippen molar-refractivity contribution in [2.45, 2.75) is 51.7 Å². The molecular formula is C10H21NO. The number of aliphatic hydroxyl groups is 1. The molecule has 2 heteroatoms. The Balaban J connectivity index is 2.32. The summed E-state index contributed by atoms with van der Waals surface area (Å²) in [6, 6.07) is 0.754. The Morgan fingerprint density at radius 3 is 2.42 bits per heavy atom. The van der Waals surface area contributed by atoms with E-state index in [1.54, 1.807) is 0 Å². The standard InChI is InChI=1S/C10H21NO/c1-3-11(8-9(2)12)10-6-4-5-7-10/h9-10,12H,3-8H2,1-2H3. The zero-order valence-corrected chi connectivity index (χ0v) is 8.29. The molecule has 72 valence electrons. The lowest BCUT2D eigenvalue weighted by atomic mass is 10.2. The van der Waals surface area contributed by atoms with Crippen molar-refractivity contribution >= 4 is 0 Å². The lowest BCUT2D eigenvalue weighted by Crippen LogP contribution is -2.38. The van der Waals surface area contributed by atoms with Crippen LogP contribution in [0, 0.1) is 0 Å². The summed E-state index contributed by atoms with van der Waals surface area (Å²) < 4.78 is 0. The highest BCUT2D eigenvalue weighted by molar-refractivity contribution is 4.77. The van der Waals surface area contributed by atoms with Crippen LogP contribution in [-0.2, 0) is 0 Å². The summed E-state index contributed by atoms with van der Waals surface area (Å²) in [7, 11) is 0. The van der Waals surface area contributed by atoms with Crippen LogP contribution in [0.5, 0.6) is 0 Å². The summed E-state index contributed by atoms with van der Waals surface area (Å²) >= 11 is 0. The van der Waals surface area contributed by atoms with Gasteiger partial charge in [0.1, 0.15) is 0 Å². The van der Waals surface area contributed by atoms with Crippen LogP contribution >= 0.6 is 0 Å². The van der Waals surface area contributed by atoms with E-state index in [9.17, 15) is 5.11 Å². The molecule has 1 atom stereocenters. The third kappa shape index (κ3) is 2.76. The van der Waals surface area contributed by atoms with E-state index in [-0.39, 0.29) is 6.10 Å². The number of nitrogens with zero attached hydrogens (tertiary/aromatic N) is 1. The quantitative estimate of drug-likeness (QED) is 0.695. The van der Waals surface area contributed by atoms with Gasteiger partial charge in [0, 0.05) is 12.6 Å². The van der Waals surface area contributed by atoms with Gasteiger partial charge in [-0.25, -0.2) is 0 Å². The van der Waals surface area contributed by atoms with E-state index in [2.05, 4.69) is 11.8 Å². The Morgan fingerprint density at radius 1 is 1.42 bits per heavy atom. The molecule has 12 heavy (non-hydrogen) atoms. The van der Waals surface area contributed by atoms with Crippen molar-refractivity contribution in [2.75, 3.05) is 13.1 Å². The highest BCUT2D eigenvalue weighted by atomic mass is 16.3. The van der Waals surface area contributed by atoms with E-state index in [1.165, 1.54) is 25.7 Å². The van der Waals surface area contributed by atoms with Gasteiger partial charge in [-0.1, -0.05) is 19.8 Å². The predicted molar refractivity (Wildman–Crippen MR) is 51.2 cm³/mol. The van der Waals surface area contributed by atoms with Crippen molar-refractivity contribution < 1.29 is 5.11 Å². The van der Waals surface area contributed by atoms with E-state index in [4.69, 9.17) is 0 Å². The maximum Gasteiger partial charge on any atom is 0.0639 e. The van der Waals surface area contributed by atoms with Crippen molar-refractivity contribution in [3.8, 4) is 0 Å². The Labute approximate surface area is 75.6 Å². The summed E-state index contributed by atoms with van der Waals surface area (Å²) in [5.41, 5.74) is 0. The molecule has 2 nitrogen and oxygen atoms in total. The molecule has 0 aromatic carbocycles. The first-order chi connectivity index (χ1) is 5.74. The van der Waals surface area contributed by atoms with Gasteiger partial charge in [-0.3, -0.25) is 4.90 Å². The molecule has 0 heterocycles. The summed E-state index contributed by atoms with van der Waals surface area (Å²) in [6.45, 7) is 5.98. The second kappa shape index (κ2) is 4.83. The average Bonchev–Trinajstić information content (AvgIpc) is 2.51. The van der Waals surface area contributed by atoms with Crippen molar-refractivity contribution in [1.29, 1.82) is 0 Å². The highest BCUT2D eigenvalue weighted by Gasteiger charge is 2.21. The van der Waals surface area contributed by atoms with Gasteiger partial charge in [0.2, 0.25) is 0 Å². The summed E-state index contributed by atoms with van der Waals surface area (Å²) in [6.07, 6.45) is 5.24. The van der Waals surface area contributed by atoms with E-state index in [0.717, 1.165) is 19.1 Å². The Hall–Kier alpha value is -0.0800. The number of likely N-dealkylation sites (N-methyl/N-ethyl adjacent to an activating group) is 1. The van der Waals surface area contributed by atoms with Gasteiger partial charge in [0.05, 0.1) is 6.10 Å². The largest absolute Gasteiger partial charge is 0.392 e. The SMILES string of the molecule is CCN(CC(C)O)C1CCCC1. The van der Waals surface area contributed by atoms with Gasteiger partial charge in [0.15, 0.2) is 0 Å². The number of hydrogen-bond donors (Lipinski definition) is 1. The molecular weight excluding hydrogens is 150 g/mol. The third-order valence-corrected chi connectivity index (χ3v) is 2.75. The molecule has 1 rings (SSSR count). The molecule has 1 aliphatic rings. The molecule has 1 aliphatic carbocycles. The second-order valence-electron chi connectivity index (χ2n) is 3.87. The van der Waals surface area contributed by atoms with Gasteiger partial charge < -0.3 is 5.11 Å². The molecule has 1 unspecified atom stereocenters. The fourth-order valence-corrected chi connectivity index (χ4v) is 2.15. The molecule has 0 spiro atoms. The lowest BCUT2D eigenvalue weighted by molar-refractivity contribution is 0.103. The van der Waals surface area contributed by atoms with Crippen molar-refractivity contribution in [2.24, 2.45) is 0 Å². The fourth-order valence-electron chi connectivity index (χ4n) is 2.15. The number of rotatable bonds is 4. The van der Waals surface area contributed by atoms with Crippen molar-refractivity contribution in [3.05, 3.63) is 0 Å². The van der Waals surface area contributed by atoms with Gasteiger partial charge in [0.25, 0.3) is 0 Å². The molecule has 0 aromatic heterocycles. The normalized spacial score (nSPS) is 22.0. The van der Waals surface area contributed by atoms with E-state index < -0.39 is 0 Å². The van der Waals surface area contributed by atoms with E-state index in [1.807, 2.05) is 6.92 Å². The van der Waals surface area contributed by atoms with E-state index in [0.29, 0.717) is 0 Å². The van der Waals surface area contributed by atoms with Crippen LogP contribution < -0.4 is 0 Å². The molecule has 1 saturated carbocycles. The Morgan fingerprint density at radius 2 is 2.00 bits per heavy atom. The smallest absolute Gasteiger partial charge is 0.0639 e. The Kier molecular flexibility index (Phi) is 4.02. The van der Waals surface area contributed by atoms with Crippen LogP contribution in [0.4, 0.5) is 0 Å². The minimum absolute atomic E-state index is 0.175. The third-order valence-electron chi connectivity index (χ3n) is 2.75. The molecule has 0 aromatic rings. The molecule has 0 radical (unpaired) electrons. The first kappa shape index (κ1) is 10.0. The van der Waals surface area contributed by atoms with Crippen LogP contribution in [0.25, 0.3) is 0 Å². The van der Waals surface area contributed by atoms with E-state index >= 15 is 0 Å². The first-order valence-corrected chi connectivity index (χ1v) is 5.16. The molecule has 0 amide bonds. The second-order valence-corrected chi connectivity index (χ2v) is 3.87. The summed E-state index contributed by atoms with van der Waals surface area (Å²) in [5.74, 6) is 0. The molecule has 1 fully saturated rings. The van der Waals surface area contributed by atoms with Crippen LogP contribution in [0.15, 0.2) is 0 Å². The summed E-state index contributed by atoms with van der Waals surface area (Å²) in [5, 5.41) is 9.27. The molecule has 0 aliphatic heterocycles. The zero-order chi connectivity index (χ0) is 8.97. The van der Waals surface area contributed by atoms with Crippen molar-refractivity contribution in [3.63, 3.8) is 0 Å². The van der Waals surface area contributed by atoms with Crippen LogP contribution in [0.1, 0.15) is 39.5 Å². The summed E-state index contributed by atoms with van der Waals surface area (Å²) in [4.78, 5) is 2.41. The predicted octanol–water partition coefficient (Wildman–Crippen LogP) is 1.63. The van der Waals surface area contributed by atoms with Crippen LogP contribution in [0.2, 0.25) is 0 Å². The molecule has 1 N–H and O–H groups in total. The monoisotopic (exact) mass is 171 g/mol. The maximum absolute atomic E-state index is 9.27. The minimum atomic E-state index is -0.175. The first-order valence-electron chi connectivity index (χ1n) is 5.16. The number of aliphatic hydroxyl groups excluding tert-OH is 1. The fraction of sp³-hybridized carbons (Fsp3) is 1.00. The van der Waals surface area contributed by atoms with Gasteiger partial charge in [-0.15, -0.1) is 0 Å². The maximum atomic E-state index is 9.27. The van der Waals surface area contributed by atoms with Gasteiger partial charge in [-0.05, 0) is 26.3 Å².